The number of carboxylic acids is 1. The maximum absolute atomic E-state index is 12.1. The van der Waals surface area contributed by atoms with E-state index in [0.717, 1.165) is 31.2 Å². The Bertz CT molecular complexity index is 654. The van der Waals surface area contributed by atoms with Crippen LogP contribution in [0.25, 0.3) is 0 Å². The summed E-state index contributed by atoms with van der Waals surface area (Å²) in [5.41, 5.74) is 0.761. The summed E-state index contributed by atoms with van der Waals surface area (Å²) < 4.78 is 0. The van der Waals surface area contributed by atoms with Gasteiger partial charge < -0.3 is 15.5 Å². The Kier molecular flexibility index (Phi) is 15.9. The number of benzene rings is 1. The molecule has 1 aromatic carbocycles. The predicted octanol–water partition coefficient (Wildman–Crippen LogP) is 6.54. The van der Waals surface area contributed by atoms with Crippen molar-refractivity contribution in [3.63, 3.8) is 0 Å². The fourth-order valence-electron chi connectivity index (χ4n) is 3.69. The van der Waals surface area contributed by atoms with Gasteiger partial charge in [0.1, 0.15) is 11.8 Å². The van der Waals surface area contributed by atoms with E-state index < -0.39 is 12.0 Å². The summed E-state index contributed by atoms with van der Waals surface area (Å²) in [6, 6.07) is 5.42. The van der Waals surface area contributed by atoms with Crippen molar-refractivity contribution in [2.45, 2.75) is 109 Å². The van der Waals surface area contributed by atoms with Crippen LogP contribution in [0.5, 0.6) is 5.75 Å². The van der Waals surface area contributed by atoms with Gasteiger partial charge in [-0.2, -0.15) is 0 Å². The molecule has 0 aliphatic carbocycles. The van der Waals surface area contributed by atoms with Gasteiger partial charge in [0.2, 0.25) is 5.91 Å². The van der Waals surface area contributed by atoms with Crippen LogP contribution in [0.1, 0.15) is 102 Å². The van der Waals surface area contributed by atoms with Crippen LogP contribution in [0.15, 0.2) is 36.4 Å². The molecule has 0 aliphatic heterocycles. The number of hydrogen-bond acceptors (Lipinski definition) is 3. The second-order valence-corrected chi connectivity index (χ2v) is 8.66. The number of aliphatic carboxylic acids is 1. The Labute approximate surface area is 194 Å². The van der Waals surface area contributed by atoms with Crippen LogP contribution < -0.4 is 5.32 Å². The highest BCUT2D eigenvalue weighted by molar-refractivity contribution is 5.83. The number of phenolic OH excluding ortho intramolecular Hbond substituents is 1. The van der Waals surface area contributed by atoms with Gasteiger partial charge in [0, 0.05) is 12.8 Å². The number of amides is 1. The molecule has 0 saturated heterocycles. The van der Waals surface area contributed by atoms with Crippen LogP contribution >= 0.6 is 0 Å². The summed E-state index contributed by atoms with van der Waals surface area (Å²) in [5, 5.41) is 21.3. The first kappa shape index (κ1) is 27.7. The van der Waals surface area contributed by atoms with Gasteiger partial charge in [-0.05, 0) is 49.8 Å². The molecule has 5 heteroatoms. The molecule has 1 aromatic rings. The average molecular weight is 446 g/mol. The normalized spacial score (nSPS) is 12.2. The van der Waals surface area contributed by atoms with Gasteiger partial charge in [-0.15, -0.1) is 0 Å². The van der Waals surface area contributed by atoms with E-state index in [1.807, 2.05) is 0 Å². The zero-order valence-electron chi connectivity index (χ0n) is 19.9. The smallest absolute Gasteiger partial charge is 0.326 e. The van der Waals surface area contributed by atoms with Crippen LogP contribution in [0.3, 0.4) is 0 Å². The largest absolute Gasteiger partial charge is 0.508 e. The molecular weight excluding hydrogens is 402 g/mol. The minimum absolute atomic E-state index is 0.133. The second-order valence-electron chi connectivity index (χ2n) is 8.66. The molecule has 0 bridgehead atoms. The lowest BCUT2D eigenvalue weighted by atomic mass is 10.0. The number of carboxylic acid groups (broad SMARTS) is 1. The van der Waals surface area contributed by atoms with Crippen LogP contribution in [0, 0.1) is 0 Å². The van der Waals surface area contributed by atoms with Crippen molar-refractivity contribution in [2.24, 2.45) is 0 Å². The van der Waals surface area contributed by atoms with E-state index in [-0.39, 0.29) is 18.1 Å². The lowest BCUT2D eigenvalue weighted by Crippen LogP contribution is -2.42. The van der Waals surface area contributed by atoms with Gasteiger partial charge in [0.05, 0.1) is 0 Å². The number of nitrogens with one attached hydrogen (secondary N) is 1. The lowest BCUT2D eigenvalue weighted by molar-refractivity contribution is -0.141. The summed E-state index contributed by atoms with van der Waals surface area (Å²) >= 11 is 0. The minimum atomic E-state index is -1.05. The molecule has 0 heterocycles. The lowest BCUT2D eigenvalue weighted by Gasteiger charge is -2.14. The third-order valence-electron chi connectivity index (χ3n) is 5.68. The number of carbonyl (C=O) groups excluding carboxylic acids is 1. The minimum Gasteiger partial charge on any atom is -0.508 e. The molecule has 0 saturated carbocycles. The van der Waals surface area contributed by atoms with Crippen molar-refractivity contribution >= 4 is 11.9 Å². The molecule has 0 fully saturated rings. The van der Waals surface area contributed by atoms with Gasteiger partial charge in [-0.1, -0.05) is 82.6 Å². The molecule has 0 radical (unpaired) electrons. The third kappa shape index (κ3) is 14.7. The van der Waals surface area contributed by atoms with Crippen LogP contribution in [0.4, 0.5) is 0 Å². The zero-order valence-corrected chi connectivity index (χ0v) is 19.9. The second kappa shape index (κ2) is 18.3. The molecule has 1 rings (SSSR count). The van der Waals surface area contributed by atoms with Crippen molar-refractivity contribution in [1.29, 1.82) is 0 Å². The molecular formula is C27H43NO4. The van der Waals surface area contributed by atoms with Crippen LogP contribution in [-0.4, -0.2) is 28.1 Å². The molecule has 0 aliphatic rings. The number of allylic oxidation sites excluding steroid dienone is 2. The van der Waals surface area contributed by atoms with Gasteiger partial charge >= 0.3 is 5.97 Å². The van der Waals surface area contributed by atoms with E-state index in [1.54, 1.807) is 12.1 Å². The van der Waals surface area contributed by atoms with Crippen LogP contribution in [-0.2, 0) is 16.0 Å². The highest BCUT2D eigenvalue weighted by atomic mass is 16.4. The Balaban J connectivity index is 2.03. The van der Waals surface area contributed by atoms with E-state index in [9.17, 15) is 19.8 Å². The van der Waals surface area contributed by atoms with Crippen molar-refractivity contribution in [2.75, 3.05) is 0 Å². The molecule has 3 N–H and O–H groups in total. The van der Waals surface area contributed by atoms with E-state index in [2.05, 4.69) is 24.4 Å². The van der Waals surface area contributed by atoms with Crippen molar-refractivity contribution in [3.8, 4) is 5.75 Å². The molecule has 5 nitrogen and oxygen atoms in total. The summed E-state index contributed by atoms with van der Waals surface area (Å²) in [4.78, 5) is 23.6. The summed E-state index contributed by atoms with van der Waals surface area (Å²) in [6.45, 7) is 2.25. The molecule has 32 heavy (non-hydrogen) atoms. The Morgan fingerprint density at radius 3 is 1.94 bits per heavy atom. The monoisotopic (exact) mass is 445 g/mol. The van der Waals surface area contributed by atoms with E-state index in [4.69, 9.17) is 0 Å². The highest BCUT2D eigenvalue weighted by Gasteiger charge is 2.20. The molecule has 180 valence electrons. The number of carbonyl (C=O) groups is 2. The summed E-state index contributed by atoms with van der Waals surface area (Å²) in [7, 11) is 0. The Morgan fingerprint density at radius 2 is 1.38 bits per heavy atom. The molecule has 1 unspecified atom stereocenters. The van der Waals surface area contributed by atoms with Gasteiger partial charge in [0.25, 0.3) is 0 Å². The number of phenols is 1. The number of aromatic hydroxyl groups is 1. The van der Waals surface area contributed by atoms with E-state index >= 15 is 0 Å². The van der Waals surface area contributed by atoms with E-state index in [0.29, 0.717) is 6.42 Å². The fourth-order valence-corrected chi connectivity index (χ4v) is 3.69. The predicted molar refractivity (Wildman–Crippen MR) is 131 cm³/mol. The maximum Gasteiger partial charge on any atom is 0.326 e. The summed E-state index contributed by atoms with van der Waals surface area (Å²) in [6.07, 6.45) is 20.8. The standard InChI is InChI=1S/C27H43NO4/c1-2-3-4-5-6-7-8-9-10-11-12-13-14-15-16-17-26(30)28-25(27(31)32)22-23-18-20-24(29)21-19-23/h9-10,18-21,25,29H,2-8,11-17,22H2,1H3,(H,28,30)(H,31,32)/b10-9+. The first-order valence-electron chi connectivity index (χ1n) is 12.5. The van der Waals surface area contributed by atoms with Gasteiger partial charge in [0.15, 0.2) is 0 Å². The number of rotatable bonds is 19. The van der Waals surface area contributed by atoms with Crippen LogP contribution in [0.2, 0.25) is 0 Å². The molecule has 0 aromatic heterocycles. The maximum atomic E-state index is 12.1. The van der Waals surface area contributed by atoms with Gasteiger partial charge in [-0.3, -0.25) is 4.79 Å². The number of unbranched alkanes of at least 4 members (excludes halogenated alkanes) is 11. The third-order valence-corrected chi connectivity index (χ3v) is 5.68. The Morgan fingerprint density at radius 1 is 0.844 bits per heavy atom. The Hall–Kier alpha value is -2.30. The highest BCUT2D eigenvalue weighted by Crippen LogP contribution is 2.13. The SMILES string of the molecule is CCCCCCCC/C=C/CCCCCCCC(=O)NC(Cc1ccc(O)cc1)C(=O)O. The van der Waals surface area contributed by atoms with Gasteiger partial charge in [-0.25, -0.2) is 4.79 Å². The first-order chi connectivity index (χ1) is 15.5. The molecule has 1 atom stereocenters. The average Bonchev–Trinajstić information content (AvgIpc) is 2.77. The topological polar surface area (TPSA) is 86.6 Å². The van der Waals surface area contributed by atoms with Crippen molar-refractivity contribution in [1.82, 2.24) is 5.32 Å². The first-order valence-corrected chi connectivity index (χ1v) is 12.5. The fraction of sp³-hybridized carbons (Fsp3) is 0.630. The molecule has 1 amide bonds. The molecule has 0 spiro atoms. The van der Waals surface area contributed by atoms with Crippen molar-refractivity contribution in [3.05, 3.63) is 42.0 Å². The number of hydrogen-bond donors (Lipinski definition) is 3. The van der Waals surface area contributed by atoms with Crippen molar-refractivity contribution < 1.29 is 19.8 Å². The summed E-state index contributed by atoms with van der Waals surface area (Å²) in [5.74, 6) is -1.13. The zero-order chi connectivity index (χ0) is 23.4. The van der Waals surface area contributed by atoms with E-state index in [1.165, 1.54) is 69.9 Å². The quantitative estimate of drug-likeness (QED) is 0.167.